The van der Waals surface area contributed by atoms with E-state index in [4.69, 9.17) is 0 Å². The molecule has 0 aromatic heterocycles. The van der Waals surface area contributed by atoms with Crippen LogP contribution in [0.1, 0.15) is 0 Å². The Bertz CT molecular complexity index is 10.0. The normalized spacial score (nSPS) is 6.50. The summed E-state index contributed by atoms with van der Waals surface area (Å²) in [5, 5.41) is 0. The van der Waals surface area contributed by atoms with Gasteiger partial charge in [0, 0.05) is 0 Å². The maximum Gasteiger partial charge on any atom is 0.216 e. The summed E-state index contributed by atoms with van der Waals surface area (Å²) in [6, 6.07) is 0. The summed E-state index contributed by atoms with van der Waals surface area (Å²) in [5.41, 5.74) is 0.806. The first-order chi connectivity index (χ1) is 1.91. The fourth-order valence-corrected chi connectivity index (χ4v) is 0. The van der Waals surface area contributed by atoms with Gasteiger partial charge in [-0.1, -0.05) is 0 Å². The molecule has 0 spiro atoms. The molecule has 0 amide bonds. The van der Waals surface area contributed by atoms with E-state index in [0.717, 1.165) is 5.65 Å². The largest absolute Gasteiger partial charge is 0.216 e. The molecule has 0 saturated carbocycles. The van der Waals surface area contributed by atoms with Crippen molar-refractivity contribution in [3.63, 3.8) is 0 Å². The minimum absolute atomic E-state index is 0.806. The number of hydrogen-bond acceptors (Lipinski definition) is 1. The first-order valence-electron chi connectivity index (χ1n) is 0.943. The van der Waals surface area contributed by atoms with Gasteiger partial charge in [-0.15, -0.1) is 0 Å². The van der Waals surface area contributed by atoms with Gasteiger partial charge in [-0.2, -0.15) is 28.4 Å². The zero-order valence-corrected chi connectivity index (χ0v) is 4.59. The molecular formula is CH3BBrS. The van der Waals surface area contributed by atoms with E-state index in [2.05, 4.69) is 28.4 Å². The minimum Gasteiger partial charge on any atom is -0.187 e. The third-order valence-electron chi connectivity index (χ3n) is 0.0690. The summed E-state index contributed by atoms with van der Waals surface area (Å²) < 4.78 is 0. The van der Waals surface area contributed by atoms with Crippen molar-refractivity contribution in [2.75, 3.05) is 5.65 Å². The first-order valence-corrected chi connectivity index (χ1v) is 2.49. The quantitative estimate of drug-likeness (QED) is 0.403. The van der Waals surface area contributed by atoms with Crippen LogP contribution >= 0.6 is 28.4 Å². The molecule has 1 radical (unpaired) electrons. The second kappa shape index (κ2) is 3.89. The smallest absolute Gasteiger partial charge is 0.187 e. The van der Waals surface area contributed by atoms with E-state index in [0.29, 0.717) is 0 Å². The number of hydrogen-bond donors (Lipinski definition) is 1. The first kappa shape index (κ1) is 4.89. The average molecular weight is 138 g/mol. The summed E-state index contributed by atoms with van der Waals surface area (Å²) in [6.45, 7) is 0. The molecule has 0 atom stereocenters. The molecule has 0 bridgehead atoms. The number of rotatable bonds is 1. The van der Waals surface area contributed by atoms with Gasteiger partial charge >= 0.3 is 0 Å². The molecule has 0 aromatic carbocycles. The standard InChI is InChI=1S/CH3BBrS/c3-2-1-4/h4H,1H2. The third kappa shape index (κ3) is 2.89. The van der Waals surface area contributed by atoms with Gasteiger partial charge in [-0.05, 0) is 5.65 Å². The second-order valence-corrected chi connectivity index (χ2v) is 1.35. The van der Waals surface area contributed by atoms with Crippen LogP contribution in [0.3, 0.4) is 0 Å². The van der Waals surface area contributed by atoms with Crippen LogP contribution in [0.4, 0.5) is 0 Å². The van der Waals surface area contributed by atoms with Crippen LogP contribution < -0.4 is 0 Å². The molecule has 23 valence electrons. The molecule has 0 unspecified atom stereocenters. The summed E-state index contributed by atoms with van der Waals surface area (Å²) in [4.78, 5) is 0. The van der Waals surface area contributed by atoms with Crippen molar-refractivity contribution in [3.05, 3.63) is 0 Å². The highest BCUT2D eigenvalue weighted by Crippen LogP contribution is 1.73. The molecular weight excluding hydrogens is 135 g/mol. The van der Waals surface area contributed by atoms with Crippen molar-refractivity contribution in [2.24, 2.45) is 0 Å². The number of halogens is 1. The van der Waals surface area contributed by atoms with Crippen molar-refractivity contribution in [1.82, 2.24) is 0 Å². The lowest BCUT2D eigenvalue weighted by Gasteiger charge is -1.61. The van der Waals surface area contributed by atoms with Gasteiger partial charge < -0.3 is 0 Å². The van der Waals surface area contributed by atoms with Crippen LogP contribution in [0, 0.1) is 0 Å². The fourth-order valence-electron chi connectivity index (χ4n) is 0. The zero-order chi connectivity index (χ0) is 3.41. The summed E-state index contributed by atoms with van der Waals surface area (Å²) in [5.74, 6) is 0. The molecule has 0 N–H and O–H groups in total. The highest BCUT2D eigenvalue weighted by Gasteiger charge is 1.65. The molecule has 0 aliphatic carbocycles. The summed E-state index contributed by atoms with van der Waals surface area (Å²) in [7, 11) is 0. The second-order valence-electron chi connectivity index (χ2n) is 0.337. The van der Waals surface area contributed by atoms with E-state index in [9.17, 15) is 0 Å². The molecule has 0 saturated heterocycles. The van der Waals surface area contributed by atoms with Crippen LogP contribution in [0.25, 0.3) is 0 Å². The predicted molar refractivity (Wildman–Crippen MR) is 28.5 cm³/mol. The Kier molecular flexibility index (Phi) is 4.77. The lowest BCUT2D eigenvalue weighted by Crippen LogP contribution is -1.70. The van der Waals surface area contributed by atoms with E-state index < -0.39 is 0 Å². The van der Waals surface area contributed by atoms with Gasteiger partial charge in [-0.25, -0.2) is 0 Å². The van der Waals surface area contributed by atoms with Crippen molar-refractivity contribution < 1.29 is 0 Å². The van der Waals surface area contributed by atoms with Crippen LogP contribution in [0.5, 0.6) is 0 Å². The molecule has 0 aliphatic rings. The lowest BCUT2D eigenvalue weighted by atomic mass is 10.2. The summed E-state index contributed by atoms with van der Waals surface area (Å²) >= 11 is 6.86. The monoisotopic (exact) mass is 137 g/mol. The topological polar surface area (TPSA) is 0 Å². The Morgan fingerprint density at radius 1 is 2.00 bits per heavy atom. The lowest BCUT2D eigenvalue weighted by molar-refractivity contribution is 2.27. The maximum absolute atomic E-state index is 3.82. The van der Waals surface area contributed by atoms with E-state index in [1.54, 1.807) is 6.10 Å². The minimum atomic E-state index is 0.806. The summed E-state index contributed by atoms with van der Waals surface area (Å²) in [6.07, 6.45) is 1.80. The van der Waals surface area contributed by atoms with Gasteiger partial charge in [0.2, 0.25) is 6.10 Å². The van der Waals surface area contributed by atoms with Crippen LogP contribution in [-0.4, -0.2) is 11.8 Å². The van der Waals surface area contributed by atoms with Crippen molar-refractivity contribution >= 4 is 34.5 Å². The average Bonchev–Trinajstić information content (AvgIpc) is 1.37. The Morgan fingerprint density at radius 2 is 2.25 bits per heavy atom. The molecule has 0 heterocycles. The van der Waals surface area contributed by atoms with Crippen LogP contribution in [-0.2, 0) is 0 Å². The predicted octanol–water partition coefficient (Wildman–Crippen LogP) is 0.888. The molecule has 0 rings (SSSR count). The zero-order valence-electron chi connectivity index (χ0n) is 2.11. The van der Waals surface area contributed by atoms with Crippen molar-refractivity contribution in [1.29, 1.82) is 0 Å². The van der Waals surface area contributed by atoms with Gasteiger partial charge in [0.15, 0.2) is 0 Å². The van der Waals surface area contributed by atoms with Gasteiger partial charge in [-0.3, -0.25) is 0 Å². The molecule has 0 fully saturated rings. The van der Waals surface area contributed by atoms with Crippen molar-refractivity contribution in [3.8, 4) is 0 Å². The van der Waals surface area contributed by atoms with E-state index in [1.165, 1.54) is 0 Å². The Balaban J connectivity index is 1.97. The SMILES string of the molecule is SC[B]Br. The number of thiol groups is 1. The van der Waals surface area contributed by atoms with E-state index in [1.807, 2.05) is 0 Å². The maximum atomic E-state index is 3.82. The highest BCUT2D eigenvalue weighted by molar-refractivity contribution is 9.23. The van der Waals surface area contributed by atoms with Crippen LogP contribution in [0.2, 0.25) is 0 Å². The third-order valence-corrected chi connectivity index (χ3v) is 1.08. The Labute approximate surface area is 40.6 Å². The van der Waals surface area contributed by atoms with Gasteiger partial charge in [0.05, 0.1) is 0 Å². The molecule has 0 aromatic rings. The Morgan fingerprint density at radius 3 is 2.25 bits per heavy atom. The van der Waals surface area contributed by atoms with E-state index >= 15 is 0 Å². The van der Waals surface area contributed by atoms with Gasteiger partial charge in [0.25, 0.3) is 0 Å². The van der Waals surface area contributed by atoms with Crippen molar-refractivity contribution in [2.45, 2.75) is 0 Å². The molecule has 0 nitrogen and oxygen atoms in total. The molecule has 3 heteroatoms. The van der Waals surface area contributed by atoms with E-state index in [-0.39, 0.29) is 0 Å². The van der Waals surface area contributed by atoms with Crippen LogP contribution in [0.15, 0.2) is 0 Å². The molecule has 4 heavy (non-hydrogen) atoms. The molecule has 0 aliphatic heterocycles. The Hall–Kier alpha value is 0.895. The van der Waals surface area contributed by atoms with Gasteiger partial charge in [0.1, 0.15) is 0 Å². The highest BCUT2D eigenvalue weighted by atomic mass is 79.9. The fraction of sp³-hybridized carbons (Fsp3) is 1.00.